The van der Waals surface area contributed by atoms with Crippen LogP contribution in [0.1, 0.15) is 12.5 Å². The average molecular weight is 241 g/mol. The summed E-state index contributed by atoms with van der Waals surface area (Å²) in [5.41, 5.74) is 0.735. The molecule has 1 N–H and O–H groups in total. The van der Waals surface area contributed by atoms with Crippen LogP contribution < -0.4 is 5.32 Å². The van der Waals surface area contributed by atoms with E-state index in [2.05, 4.69) is 5.32 Å². The van der Waals surface area contributed by atoms with Crippen LogP contribution in [0.15, 0.2) is 29.2 Å². The van der Waals surface area contributed by atoms with E-state index in [1.807, 2.05) is 0 Å². The van der Waals surface area contributed by atoms with E-state index in [0.717, 1.165) is 5.56 Å². The molecule has 1 aromatic rings. The number of benzene rings is 1. The molecule has 0 aliphatic rings. The van der Waals surface area contributed by atoms with Crippen molar-refractivity contribution in [3.8, 4) is 0 Å². The number of sulfone groups is 1. The molecule has 0 bridgehead atoms. The van der Waals surface area contributed by atoms with Crippen LogP contribution in [0.4, 0.5) is 0 Å². The normalized spacial score (nSPS) is 11.1. The quantitative estimate of drug-likeness (QED) is 0.846. The standard InChI is InChI=1S/C11H15NO3S/c1-9(13)12-8-7-10-5-3-4-6-11(10)16(2,14)15/h3-6H,7-8H2,1-2H3,(H,12,13). The number of rotatable bonds is 4. The summed E-state index contributed by atoms with van der Waals surface area (Å²) in [4.78, 5) is 11.0. The Bertz CT molecular complexity index is 480. The van der Waals surface area contributed by atoms with E-state index in [4.69, 9.17) is 0 Å². The first-order valence-corrected chi connectivity index (χ1v) is 6.83. The van der Waals surface area contributed by atoms with Gasteiger partial charge in [0.1, 0.15) is 0 Å². The molecule has 16 heavy (non-hydrogen) atoms. The molecule has 5 heteroatoms. The van der Waals surface area contributed by atoms with Crippen LogP contribution >= 0.6 is 0 Å². The van der Waals surface area contributed by atoms with Crippen LogP contribution in [-0.4, -0.2) is 27.1 Å². The first-order chi connectivity index (χ1) is 7.41. The summed E-state index contributed by atoms with van der Waals surface area (Å²) in [7, 11) is -3.20. The monoisotopic (exact) mass is 241 g/mol. The first-order valence-electron chi connectivity index (χ1n) is 4.93. The molecule has 88 valence electrons. The maximum Gasteiger partial charge on any atom is 0.216 e. The number of carbonyl (C=O) groups is 1. The minimum absolute atomic E-state index is 0.114. The SMILES string of the molecule is CC(=O)NCCc1ccccc1S(C)(=O)=O. The van der Waals surface area contributed by atoms with Crippen LogP contribution in [0.5, 0.6) is 0 Å². The van der Waals surface area contributed by atoms with Gasteiger partial charge in [-0.2, -0.15) is 0 Å². The van der Waals surface area contributed by atoms with Crippen molar-refractivity contribution >= 4 is 15.7 Å². The highest BCUT2D eigenvalue weighted by molar-refractivity contribution is 7.90. The van der Waals surface area contributed by atoms with Gasteiger partial charge in [0, 0.05) is 19.7 Å². The number of carbonyl (C=O) groups excluding carboxylic acids is 1. The van der Waals surface area contributed by atoms with Gasteiger partial charge < -0.3 is 5.32 Å². The number of nitrogens with one attached hydrogen (secondary N) is 1. The third kappa shape index (κ3) is 3.66. The van der Waals surface area contributed by atoms with Crippen LogP contribution in [0, 0.1) is 0 Å². The van der Waals surface area contributed by atoms with Gasteiger partial charge in [-0.05, 0) is 18.1 Å². The summed E-state index contributed by atoms with van der Waals surface area (Å²) in [6.45, 7) is 1.88. The molecule has 0 unspecified atom stereocenters. The van der Waals surface area contributed by atoms with E-state index in [1.54, 1.807) is 24.3 Å². The lowest BCUT2D eigenvalue weighted by atomic mass is 10.1. The smallest absolute Gasteiger partial charge is 0.216 e. The van der Waals surface area contributed by atoms with Crippen LogP contribution in [0.2, 0.25) is 0 Å². The summed E-state index contributed by atoms with van der Waals surface area (Å²) in [6, 6.07) is 6.83. The summed E-state index contributed by atoms with van der Waals surface area (Å²) in [5.74, 6) is -0.114. The minimum Gasteiger partial charge on any atom is -0.356 e. The molecule has 0 spiro atoms. The van der Waals surface area contributed by atoms with E-state index in [0.29, 0.717) is 17.9 Å². The third-order valence-electron chi connectivity index (χ3n) is 2.14. The van der Waals surface area contributed by atoms with Crippen molar-refractivity contribution in [1.82, 2.24) is 5.32 Å². The molecule has 1 rings (SSSR count). The third-order valence-corrected chi connectivity index (χ3v) is 3.34. The Balaban J connectivity index is 2.84. The molecule has 0 atom stereocenters. The number of hydrogen-bond donors (Lipinski definition) is 1. The molecule has 1 amide bonds. The van der Waals surface area contributed by atoms with Crippen molar-refractivity contribution in [1.29, 1.82) is 0 Å². The lowest BCUT2D eigenvalue weighted by Crippen LogP contribution is -2.22. The fourth-order valence-electron chi connectivity index (χ4n) is 1.45. The molecular formula is C11H15NO3S. The molecule has 0 aliphatic carbocycles. The van der Waals surface area contributed by atoms with Crippen molar-refractivity contribution in [2.24, 2.45) is 0 Å². The van der Waals surface area contributed by atoms with E-state index in [-0.39, 0.29) is 5.91 Å². The van der Waals surface area contributed by atoms with Crippen molar-refractivity contribution < 1.29 is 13.2 Å². The molecule has 0 radical (unpaired) electrons. The van der Waals surface area contributed by atoms with Gasteiger partial charge in [0.2, 0.25) is 5.91 Å². The summed E-state index contributed by atoms with van der Waals surface area (Å²) in [6.07, 6.45) is 1.70. The molecular weight excluding hydrogens is 226 g/mol. The van der Waals surface area contributed by atoms with Gasteiger partial charge in [0.15, 0.2) is 9.84 Å². The van der Waals surface area contributed by atoms with E-state index in [1.165, 1.54) is 13.2 Å². The minimum atomic E-state index is -3.20. The van der Waals surface area contributed by atoms with Crippen molar-refractivity contribution in [3.63, 3.8) is 0 Å². The number of hydrogen-bond acceptors (Lipinski definition) is 3. The van der Waals surface area contributed by atoms with Gasteiger partial charge in [-0.15, -0.1) is 0 Å². The van der Waals surface area contributed by atoms with E-state index in [9.17, 15) is 13.2 Å². The average Bonchev–Trinajstić information content (AvgIpc) is 2.16. The summed E-state index contributed by atoms with van der Waals surface area (Å²) in [5, 5.41) is 2.64. The molecule has 0 aliphatic heterocycles. The highest BCUT2D eigenvalue weighted by atomic mass is 32.2. The molecule has 0 fully saturated rings. The van der Waals surface area contributed by atoms with Crippen molar-refractivity contribution in [2.45, 2.75) is 18.2 Å². The van der Waals surface area contributed by atoms with Gasteiger partial charge in [-0.25, -0.2) is 8.42 Å². The van der Waals surface area contributed by atoms with Crippen molar-refractivity contribution in [3.05, 3.63) is 29.8 Å². The molecule has 0 saturated heterocycles. The maximum atomic E-state index is 11.5. The Morgan fingerprint density at radius 1 is 1.31 bits per heavy atom. The van der Waals surface area contributed by atoms with Gasteiger partial charge in [-0.1, -0.05) is 18.2 Å². The zero-order valence-electron chi connectivity index (χ0n) is 9.36. The van der Waals surface area contributed by atoms with Crippen molar-refractivity contribution in [2.75, 3.05) is 12.8 Å². The van der Waals surface area contributed by atoms with E-state index >= 15 is 0 Å². The molecule has 0 aromatic heterocycles. The van der Waals surface area contributed by atoms with Crippen LogP contribution in [0.3, 0.4) is 0 Å². The zero-order chi connectivity index (χ0) is 12.2. The molecule has 1 aromatic carbocycles. The first kappa shape index (κ1) is 12.7. The summed E-state index contributed by atoms with van der Waals surface area (Å²) < 4.78 is 22.9. The maximum absolute atomic E-state index is 11.5. The fourth-order valence-corrected chi connectivity index (χ4v) is 2.42. The Kier molecular flexibility index (Phi) is 4.06. The van der Waals surface area contributed by atoms with Gasteiger partial charge >= 0.3 is 0 Å². The Morgan fingerprint density at radius 3 is 2.50 bits per heavy atom. The fraction of sp³-hybridized carbons (Fsp3) is 0.364. The lowest BCUT2D eigenvalue weighted by Gasteiger charge is -2.07. The highest BCUT2D eigenvalue weighted by Crippen LogP contribution is 2.15. The van der Waals surface area contributed by atoms with Crippen LogP contribution in [0.25, 0.3) is 0 Å². The van der Waals surface area contributed by atoms with E-state index < -0.39 is 9.84 Å². The van der Waals surface area contributed by atoms with Gasteiger partial charge in [-0.3, -0.25) is 4.79 Å². The second-order valence-electron chi connectivity index (χ2n) is 3.61. The zero-order valence-corrected chi connectivity index (χ0v) is 10.2. The summed E-state index contributed by atoms with van der Waals surface area (Å²) >= 11 is 0. The predicted molar refractivity (Wildman–Crippen MR) is 61.9 cm³/mol. The Hall–Kier alpha value is -1.36. The molecule has 4 nitrogen and oxygen atoms in total. The largest absolute Gasteiger partial charge is 0.356 e. The second-order valence-corrected chi connectivity index (χ2v) is 5.60. The van der Waals surface area contributed by atoms with Gasteiger partial charge in [0.25, 0.3) is 0 Å². The van der Waals surface area contributed by atoms with Gasteiger partial charge in [0.05, 0.1) is 4.90 Å². The van der Waals surface area contributed by atoms with Crippen LogP contribution in [-0.2, 0) is 21.1 Å². The molecule has 0 heterocycles. The predicted octanol–water partition coefficient (Wildman–Crippen LogP) is 0.769. The second kappa shape index (κ2) is 5.12. The Morgan fingerprint density at radius 2 is 1.94 bits per heavy atom. The lowest BCUT2D eigenvalue weighted by molar-refractivity contribution is -0.118. The topological polar surface area (TPSA) is 63.2 Å². The molecule has 0 saturated carbocycles. The highest BCUT2D eigenvalue weighted by Gasteiger charge is 2.11. The Labute approximate surface area is 95.6 Å². The number of amides is 1.